The summed E-state index contributed by atoms with van der Waals surface area (Å²) in [6.45, 7) is 2.38. The van der Waals surface area contributed by atoms with E-state index in [9.17, 15) is 13.6 Å². The highest BCUT2D eigenvalue weighted by Crippen LogP contribution is 2.17. The molecule has 1 aromatic rings. The third-order valence-corrected chi connectivity index (χ3v) is 3.04. The number of anilines is 1. The largest absolute Gasteiger partial charge is 0.462 e. The van der Waals surface area contributed by atoms with Gasteiger partial charge in [-0.05, 0) is 12.5 Å². The smallest absolute Gasteiger partial charge is 0.341 e. The number of nitrogen functional groups attached to an aromatic ring is 1. The van der Waals surface area contributed by atoms with Crippen LogP contribution in [0.3, 0.4) is 0 Å². The minimum Gasteiger partial charge on any atom is -0.462 e. The van der Waals surface area contributed by atoms with Crippen molar-refractivity contribution in [3.8, 4) is 0 Å². The maximum atomic E-state index is 13.4. The number of benzene rings is 1. The molecule has 0 aliphatic carbocycles. The van der Waals surface area contributed by atoms with Crippen LogP contribution in [-0.4, -0.2) is 12.6 Å². The number of carbonyl (C=O) groups excluding carboxylic acids is 1. The van der Waals surface area contributed by atoms with Crippen LogP contribution < -0.4 is 5.73 Å². The van der Waals surface area contributed by atoms with Gasteiger partial charge in [-0.3, -0.25) is 0 Å². The third-order valence-electron chi connectivity index (χ3n) is 3.04. The van der Waals surface area contributed by atoms with E-state index in [0.29, 0.717) is 6.07 Å². The van der Waals surface area contributed by atoms with Crippen molar-refractivity contribution in [1.29, 1.82) is 0 Å². The second kappa shape index (κ2) is 8.51. The zero-order valence-corrected chi connectivity index (χ0v) is 11.8. The lowest BCUT2D eigenvalue weighted by atomic mass is 10.1. The molecule has 0 aliphatic heterocycles. The second-order valence-corrected chi connectivity index (χ2v) is 4.76. The number of rotatable bonds is 8. The molecule has 0 fully saturated rings. The van der Waals surface area contributed by atoms with E-state index in [-0.39, 0.29) is 17.9 Å². The summed E-state index contributed by atoms with van der Waals surface area (Å²) < 4.78 is 31.3. The number of carbonyl (C=O) groups is 1. The van der Waals surface area contributed by atoms with Crippen molar-refractivity contribution in [3.63, 3.8) is 0 Å². The number of hydrogen-bond acceptors (Lipinski definition) is 3. The molecule has 112 valence electrons. The Morgan fingerprint density at radius 1 is 1.10 bits per heavy atom. The first-order valence-corrected chi connectivity index (χ1v) is 6.98. The summed E-state index contributed by atoms with van der Waals surface area (Å²) in [6.07, 6.45) is 6.38. The molecule has 0 radical (unpaired) electrons. The number of hydrogen-bond donors (Lipinski definition) is 1. The van der Waals surface area contributed by atoms with Crippen molar-refractivity contribution in [3.05, 3.63) is 29.3 Å². The maximum absolute atomic E-state index is 13.4. The fourth-order valence-electron chi connectivity index (χ4n) is 1.85. The van der Waals surface area contributed by atoms with Crippen LogP contribution >= 0.6 is 0 Å². The highest BCUT2D eigenvalue weighted by atomic mass is 19.1. The Hall–Kier alpha value is -1.65. The molecule has 1 aromatic carbocycles. The minimum atomic E-state index is -0.954. The van der Waals surface area contributed by atoms with Gasteiger partial charge >= 0.3 is 5.97 Å². The lowest BCUT2D eigenvalue weighted by Gasteiger charge is -2.07. The van der Waals surface area contributed by atoms with Gasteiger partial charge in [0.15, 0.2) is 0 Å². The average molecular weight is 285 g/mol. The lowest BCUT2D eigenvalue weighted by Crippen LogP contribution is -2.10. The highest BCUT2D eigenvalue weighted by Gasteiger charge is 2.16. The summed E-state index contributed by atoms with van der Waals surface area (Å²) in [5.74, 6) is -2.64. The van der Waals surface area contributed by atoms with Gasteiger partial charge in [-0.2, -0.15) is 0 Å². The standard InChI is InChI=1S/C15H21F2NO2/c1-2-3-4-5-6-7-8-20-15(19)11-9-14(18)13(17)10-12(11)16/h9-10H,2-8,18H2,1H3. The Morgan fingerprint density at radius 3 is 2.45 bits per heavy atom. The molecule has 0 atom stereocenters. The van der Waals surface area contributed by atoms with Gasteiger partial charge in [0.2, 0.25) is 0 Å². The van der Waals surface area contributed by atoms with Crippen molar-refractivity contribution < 1.29 is 18.3 Å². The minimum absolute atomic E-state index is 0.238. The fourth-order valence-corrected chi connectivity index (χ4v) is 1.85. The van der Waals surface area contributed by atoms with Crippen LogP contribution in [0.2, 0.25) is 0 Å². The molecule has 0 bridgehead atoms. The van der Waals surface area contributed by atoms with E-state index in [0.717, 1.165) is 25.3 Å². The molecular formula is C15H21F2NO2. The van der Waals surface area contributed by atoms with Crippen molar-refractivity contribution in [2.45, 2.75) is 45.4 Å². The van der Waals surface area contributed by atoms with Crippen LogP contribution in [0.1, 0.15) is 55.8 Å². The molecule has 0 saturated carbocycles. The molecule has 5 heteroatoms. The van der Waals surface area contributed by atoms with Gasteiger partial charge in [-0.25, -0.2) is 13.6 Å². The van der Waals surface area contributed by atoms with Crippen LogP contribution in [0, 0.1) is 11.6 Å². The van der Waals surface area contributed by atoms with Crippen LogP contribution in [0.25, 0.3) is 0 Å². The Kier molecular flexibility index (Phi) is 6.98. The van der Waals surface area contributed by atoms with E-state index < -0.39 is 17.6 Å². The van der Waals surface area contributed by atoms with E-state index in [2.05, 4.69) is 6.92 Å². The van der Waals surface area contributed by atoms with E-state index in [4.69, 9.17) is 10.5 Å². The van der Waals surface area contributed by atoms with Gasteiger partial charge in [0, 0.05) is 6.07 Å². The van der Waals surface area contributed by atoms with Crippen LogP contribution in [0.4, 0.5) is 14.5 Å². The third kappa shape index (κ3) is 5.15. The summed E-state index contributed by atoms with van der Waals surface area (Å²) in [7, 11) is 0. The molecule has 0 spiro atoms. The topological polar surface area (TPSA) is 52.3 Å². The molecule has 0 amide bonds. The first kappa shape index (κ1) is 16.4. The molecule has 3 nitrogen and oxygen atoms in total. The number of nitrogens with two attached hydrogens (primary N) is 1. The Morgan fingerprint density at radius 2 is 1.75 bits per heavy atom. The molecular weight excluding hydrogens is 264 g/mol. The number of ether oxygens (including phenoxy) is 1. The van der Waals surface area contributed by atoms with Crippen LogP contribution in [0.5, 0.6) is 0 Å². The van der Waals surface area contributed by atoms with Crippen LogP contribution in [0.15, 0.2) is 12.1 Å². The molecule has 0 saturated heterocycles. The summed E-state index contributed by atoms with van der Waals surface area (Å²) >= 11 is 0. The van der Waals surface area contributed by atoms with Crippen molar-refractivity contribution in [1.82, 2.24) is 0 Å². The molecule has 0 aliphatic rings. The second-order valence-electron chi connectivity index (χ2n) is 4.76. The number of unbranched alkanes of at least 4 members (excludes halogenated alkanes) is 5. The van der Waals surface area contributed by atoms with E-state index in [1.165, 1.54) is 19.3 Å². The molecule has 1 rings (SSSR count). The molecule has 2 N–H and O–H groups in total. The number of halogens is 2. The molecule has 0 heterocycles. The quantitative estimate of drug-likeness (QED) is 0.445. The average Bonchev–Trinajstić information content (AvgIpc) is 2.41. The van der Waals surface area contributed by atoms with Gasteiger partial charge in [-0.1, -0.05) is 39.0 Å². The van der Waals surface area contributed by atoms with Gasteiger partial charge in [-0.15, -0.1) is 0 Å². The zero-order chi connectivity index (χ0) is 15.0. The Labute approximate surface area is 118 Å². The molecule has 0 unspecified atom stereocenters. The molecule has 0 aromatic heterocycles. The van der Waals surface area contributed by atoms with Gasteiger partial charge in [0.1, 0.15) is 11.6 Å². The summed E-state index contributed by atoms with van der Waals surface area (Å²) in [6, 6.07) is 1.56. The van der Waals surface area contributed by atoms with Gasteiger partial charge in [0.05, 0.1) is 17.9 Å². The van der Waals surface area contributed by atoms with Crippen molar-refractivity contribution >= 4 is 11.7 Å². The normalized spacial score (nSPS) is 10.6. The van der Waals surface area contributed by atoms with Crippen molar-refractivity contribution in [2.75, 3.05) is 12.3 Å². The SMILES string of the molecule is CCCCCCCCOC(=O)c1cc(N)c(F)cc1F. The number of esters is 1. The van der Waals surface area contributed by atoms with E-state index >= 15 is 0 Å². The predicted octanol–water partition coefficient (Wildman–Crippen LogP) is 4.06. The first-order valence-electron chi connectivity index (χ1n) is 6.98. The summed E-state index contributed by atoms with van der Waals surface area (Å²) in [4.78, 5) is 11.6. The lowest BCUT2D eigenvalue weighted by molar-refractivity contribution is 0.0492. The van der Waals surface area contributed by atoms with Gasteiger partial charge < -0.3 is 10.5 Å². The monoisotopic (exact) mass is 285 g/mol. The fraction of sp³-hybridized carbons (Fsp3) is 0.533. The maximum Gasteiger partial charge on any atom is 0.341 e. The Balaban J connectivity index is 2.34. The summed E-state index contributed by atoms with van der Waals surface area (Å²) in [5.41, 5.74) is 4.71. The van der Waals surface area contributed by atoms with E-state index in [1.807, 2.05) is 0 Å². The van der Waals surface area contributed by atoms with E-state index in [1.54, 1.807) is 0 Å². The van der Waals surface area contributed by atoms with Gasteiger partial charge in [0.25, 0.3) is 0 Å². The first-order chi connectivity index (χ1) is 9.56. The van der Waals surface area contributed by atoms with Crippen molar-refractivity contribution in [2.24, 2.45) is 0 Å². The zero-order valence-electron chi connectivity index (χ0n) is 11.8. The molecule has 20 heavy (non-hydrogen) atoms. The van der Waals surface area contributed by atoms with Crippen LogP contribution in [-0.2, 0) is 4.74 Å². The highest BCUT2D eigenvalue weighted by molar-refractivity contribution is 5.90. The summed E-state index contributed by atoms with van der Waals surface area (Å²) in [5, 5.41) is 0. The predicted molar refractivity (Wildman–Crippen MR) is 74.4 cm³/mol. The Bertz CT molecular complexity index is 450.